The van der Waals surface area contributed by atoms with Crippen LogP contribution in [0.1, 0.15) is 35.3 Å². The molecule has 4 rings (SSSR count). The van der Waals surface area contributed by atoms with E-state index in [1.165, 1.54) is 17.5 Å². The predicted molar refractivity (Wildman–Crippen MR) is 104 cm³/mol. The van der Waals surface area contributed by atoms with Gasteiger partial charge in [0.25, 0.3) is 0 Å². The van der Waals surface area contributed by atoms with Crippen molar-refractivity contribution in [2.24, 2.45) is 0 Å². The van der Waals surface area contributed by atoms with Crippen LogP contribution in [-0.4, -0.2) is 47.6 Å². The molecule has 5 nitrogen and oxygen atoms in total. The van der Waals surface area contributed by atoms with Gasteiger partial charge in [-0.25, -0.2) is 4.98 Å². The number of carbonyl (C=O) groups excluding carboxylic acids is 1. The Morgan fingerprint density at radius 1 is 1.42 bits per heavy atom. The van der Waals surface area contributed by atoms with E-state index in [1.807, 2.05) is 6.20 Å². The molecule has 1 amide bonds. The maximum absolute atomic E-state index is 12.4. The summed E-state index contributed by atoms with van der Waals surface area (Å²) in [4.78, 5) is 20.1. The maximum Gasteiger partial charge on any atom is 0.240 e. The van der Waals surface area contributed by atoms with Crippen LogP contribution in [0.2, 0.25) is 0 Å². The molecule has 0 radical (unpaired) electrons. The lowest BCUT2D eigenvalue weighted by Gasteiger charge is -2.48. The van der Waals surface area contributed by atoms with Crippen LogP contribution in [0.5, 0.6) is 0 Å². The number of benzene rings is 1. The van der Waals surface area contributed by atoms with E-state index in [-0.39, 0.29) is 11.5 Å². The molecule has 6 heteroatoms. The highest BCUT2D eigenvalue weighted by atomic mass is 32.1. The number of ether oxygens (including phenoxy) is 1. The van der Waals surface area contributed by atoms with E-state index < -0.39 is 0 Å². The van der Waals surface area contributed by atoms with Crippen molar-refractivity contribution in [3.05, 3.63) is 46.5 Å². The molecule has 26 heavy (non-hydrogen) atoms. The number of thiazole rings is 1. The molecule has 1 saturated heterocycles. The van der Waals surface area contributed by atoms with Crippen molar-refractivity contribution in [1.82, 2.24) is 9.88 Å². The van der Waals surface area contributed by atoms with Gasteiger partial charge in [-0.3, -0.25) is 9.69 Å². The van der Waals surface area contributed by atoms with Gasteiger partial charge in [0.05, 0.1) is 18.8 Å². The number of amides is 1. The van der Waals surface area contributed by atoms with E-state index in [1.54, 1.807) is 11.3 Å². The number of aryl methyl sites for hydroxylation is 1. The molecule has 1 aliphatic heterocycles. The van der Waals surface area contributed by atoms with Crippen molar-refractivity contribution in [1.29, 1.82) is 0 Å². The number of anilines is 1. The molecule has 1 aromatic carbocycles. The van der Waals surface area contributed by atoms with Gasteiger partial charge >= 0.3 is 0 Å². The van der Waals surface area contributed by atoms with Gasteiger partial charge in [0.15, 0.2) is 5.13 Å². The number of nitrogens with one attached hydrogen (secondary N) is 1. The average Bonchev–Trinajstić information content (AvgIpc) is 3.00. The summed E-state index contributed by atoms with van der Waals surface area (Å²) < 4.78 is 5.92. The van der Waals surface area contributed by atoms with Crippen molar-refractivity contribution in [2.75, 3.05) is 31.6 Å². The van der Waals surface area contributed by atoms with E-state index in [0.717, 1.165) is 43.8 Å². The third-order valence-electron chi connectivity index (χ3n) is 5.22. The van der Waals surface area contributed by atoms with Crippen LogP contribution in [0.15, 0.2) is 30.5 Å². The molecular formula is C20H25N3O2S. The fraction of sp³-hybridized carbons (Fsp3) is 0.500. The SMILES string of the molecule is Cc1cccc(Cc2cnc(NC(=O)CN3CCOC4(CCC4)C3)s2)c1. The first-order chi connectivity index (χ1) is 12.6. The Morgan fingerprint density at radius 3 is 3.08 bits per heavy atom. The van der Waals surface area contributed by atoms with Crippen LogP contribution in [0, 0.1) is 6.92 Å². The van der Waals surface area contributed by atoms with Gasteiger partial charge in [-0.1, -0.05) is 29.8 Å². The van der Waals surface area contributed by atoms with E-state index in [2.05, 4.69) is 46.4 Å². The normalized spacial score (nSPS) is 19.3. The molecular weight excluding hydrogens is 346 g/mol. The number of aromatic nitrogens is 1. The molecule has 2 fully saturated rings. The van der Waals surface area contributed by atoms with Gasteiger partial charge in [-0.15, -0.1) is 11.3 Å². The highest BCUT2D eigenvalue weighted by Crippen LogP contribution is 2.38. The number of carbonyl (C=O) groups is 1. The lowest BCUT2D eigenvalue weighted by atomic mass is 9.79. The van der Waals surface area contributed by atoms with Crippen molar-refractivity contribution >= 4 is 22.4 Å². The highest BCUT2D eigenvalue weighted by Gasteiger charge is 2.42. The summed E-state index contributed by atoms with van der Waals surface area (Å²) in [5.74, 6) is 0.0119. The number of nitrogens with zero attached hydrogens (tertiary/aromatic N) is 2. The van der Waals surface area contributed by atoms with Crippen LogP contribution in [0.4, 0.5) is 5.13 Å². The van der Waals surface area contributed by atoms with Crippen LogP contribution >= 0.6 is 11.3 Å². The molecule has 1 aliphatic carbocycles. The molecule has 2 aliphatic rings. The number of morpholine rings is 1. The van der Waals surface area contributed by atoms with Crippen molar-refractivity contribution in [3.63, 3.8) is 0 Å². The molecule has 0 bridgehead atoms. The Hall–Kier alpha value is -1.76. The summed E-state index contributed by atoms with van der Waals surface area (Å²) in [6.45, 7) is 4.94. The summed E-state index contributed by atoms with van der Waals surface area (Å²) in [7, 11) is 0. The minimum atomic E-state index is 0.0119. The summed E-state index contributed by atoms with van der Waals surface area (Å²) in [5.41, 5.74) is 2.56. The Balaban J connectivity index is 1.30. The minimum absolute atomic E-state index is 0.0119. The molecule has 2 aromatic rings. The zero-order chi connectivity index (χ0) is 18.0. The first-order valence-electron chi connectivity index (χ1n) is 9.27. The number of hydrogen-bond donors (Lipinski definition) is 1. The van der Waals surface area contributed by atoms with Crippen molar-refractivity contribution < 1.29 is 9.53 Å². The monoisotopic (exact) mass is 371 g/mol. The standard InChI is InChI=1S/C20H25N3O2S/c1-15-4-2-5-16(10-15)11-17-12-21-19(26-17)22-18(24)13-23-8-9-25-20(14-23)6-3-7-20/h2,4-5,10,12H,3,6-9,11,13-14H2,1H3,(H,21,22,24). The molecule has 1 spiro atoms. The number of rotatable bonds is 5. The Kier molecular flexibility index (Phi) is 5.07. The van der Waals surface area contributed by atoms with Gasteiger partial charge in [0.2, 0.25) is 5.91 Å². The van der Waals surface area contributed by atoms with E-state index in [4.69, 9.17) is 4.74 Å². The summed E-state index contributed by atoms with van der Waals surface area (Å²) in [5, 5.41) is 3.64. The second kappa shape index (κ2) is 7.47. The smallest absolute Gasteiger partial charge is 0.240 e. The van der Waals surface area contributed by atoms with E-state index in [0.29, 0.717) is 11.7 Å². The first-order valence-corrected chi connectivity index (χ1v) is 10.1. The van der Waals surface area contributed by atoms with Crippen molar-refractivity contribution in [3.8, 4) is 0 Å². The van der Waals surface area contributed by atoms with E-state index >= 15 is 0 Å². The molecule has 1 saturated carbocycles. The van der Waals surface area contributed by atoms with Gasteiger partial charge < -0.3 is 10.1 Å². The van der Waals surface area contributed by atoms with Crippen LogP contribution in [0.3, 0.4) is 0 Å². The average molecular weight is 372 g/mol. The molecule has 138 valence electrons. The van der Waals surface area contributed by atoms with Crippen molar-refractivity contribution in [2.45, 2.75) is 38.2 Å². The maximum atomic E-state index is 12.4. The third-order valence-corrected chi connectivity index (χ3v) is 6.13. The fourth-order valence-electron chi connectivity index (χ4n) is 3.76. The molecule has 0 unspecified atom stereocenters. The minimum Gasteiger partial charge on any atom is -0.372 e. The molecule has 1 aromatic heterocycles. The summed E-state index contributed by atoms with van der Waals surface area (Å²) in [6.07, 6.45) is 6.20. The largest absolute Gasteiger partial charge is 0.372 e. The zero-order valence-corrected chi connectivity index (χ0v) is 16.0. The molecule has 0 atom stereocenters. The Morgan fingerprint density at radius 2 is 2.31 bits per heavy atom. The highest BCUT2D eigenvalue weighted by molar-refractivity contribution is 7.15. The van der Waals surface area contributed by atoms with Gasteiger partial charge in [0, 0.05) is 30.6 Å². The summed E-state index contributed by atoms with van der Waals surface area (Å²) in [6, 6.07) is 8.49. The topological polar surface area (TPSA) is 54.5 Å². The van der Waals surface area contributed by atoms with Gasteiger partial charge in [0.1, 0.15) is 0 Å². The Labute approximate surface area is 158 Å². The second-order valence-electron chi connectivity index (χ2n) is 7.44. The Bertz CT molecular complexity index is 785. The van der Waals surface area contributed by atoms with Gasteiger partial charge in [-0.2, -0.15) is 0 Å². The molecule has 2 heterocycles. The lowest BCUT2D eigenvalue weighted by molar-refractivity contribution is -0.153. The first kappa shape index (κ1) is 17.6. The van der Waals surface area contributed by atoms with Crippen LogP contribution in [-0.2, 0) is 16.0 Å². The lowest BCUT2D eigenvalue weighted by Crippen LogP contribution is -2.56. The predicted octanol–water partition coefficient (Wildman–Crippen LogP) is 3.24. The third kappa shape index (κ3) is 4.14. The van der Waals surface area contributed by atoms with Crippen LogP contribution < -0.4 is 5.32 Å². The quantitative estimate of drug-likeness (QED) is 0.877. The second-order valence-corrected chi connectivity index (χ2v) is 8.56. The van der Waals surface area contributed by atoms with Gasteiger partial charge in [-0.05, 0) is 31.7 Å². The summed E-state index contributed by atoms with van der Waals surface area (Å²) >= 11 is 1.55. The molecule has 1 N–H and O–H groups in total. The zero-order valence-electron chi connectivity index (χ0n) is 15.2. The fourth-order valence-corrected chi connectivity index (χ4v) is 4.63. The van der Waals surface area contributed by atoms with E-state index in [9.17, 15) is 4.79 Å². The van der Waals surface area contributed by atoms with Crippen LogP contribution in [0.25, 0.3) is 0 Å². The number of hydrogen-bond acceptors (Lipinski definition) is 5.